The Labute approximate surface area is 130 Å². The molecule has 0 spiro atoms. The summed E-state index contributed by atoms with van der Waals surface area (Å²) < 4.78 is 1.86. The number of aromatic nitrogens is 2. The first-order valence-electron chi connectivity index (χ1n) is 6.45. The molecule has 0 radical (unpaired) electrons. The number of nitrogens with zero attached hydrogens (tertiary/aromatic N) is 1. The number of phenols is 1. The maximum Gasteiger partial charge on any atom is 0.267 e. The molecule has 2 N–H and O–H groups in total. The van der Waals surface area contributed by atoms with Gasteiger partial charge in [0.15, 0.2) is 4.77 Å². The van der Waals surface area contributed by atoms with Gasteiger partial charge >= 0.3 is 0 Å². The predicted octanol–water partition coefficient (Wildman–Crippen LogP) is 3.74. The summed E-state index contributed by atoms with van der Waals surface area (Å²) in [6.45, 7) is 5.78. The second-order valence-electron chi connectivity index (χ2n) is 5.03. The van der Waals surface area contributed by atoms with Gasteiger partial charge < -0.3 is 10.1 Å². The van der Waals surface area contributed by atoms with Crippen LogP contribution in [0.2, 0.25) is 0 Å². The summed E-state index contributed by atoms with van der Waals surface area (Å²) in [5.74, 6) is 0.169. The molecule has 0 saturated heterocycles. The van der Waals surface area contributed by atoms with Crippen LogP contribution in [0.5, 0.6) is 5.75 Å². The second-order valence-corrected chi connectivity index (χ2v) is 6.64. The molecule has 108 valence electrons. The molecular formula is C15H14N2O2S2. The first-order valence-corrected chi connectivity index (χ1v) is 7.67. The number of aromatic hydroxyl groups is 1. The minimum Gasteiger partial charge on any atom is -0.508 e. The number of aryl methyl sites for hydroxylation is 3. The Kier molecular flexibility index (Phi) is 3.22. The molecule has 0 aliphatic rings. The molecule has 1 aromatic carbocycles. The summed E-state index contributed by atoms with van der Waals surface area (Å²) in [6.07, 6.45) is 0. The summed E-state index contributed by atoms with van der Waals surface area (Å²) in [4.78, 5) is 17.9. The number of H-pyrrole nitrogens is 1. The van der Waals surface area contributed by atoms with Crippen LogP contribution in [0.25, 0.3) is 15.9 Å². The van der Waals surface area contributed by atoms with Gasteiger partial charge in [0.1, 0.15) is 10.6 Å². The van der Waals surface area contributed by atoms with Crippen LogP contribution in [0.1, 0.15) is 16.0 Å². The SMILES string of the molecule is Cc1cc(O)ccc1-n1c(=S)[nH]c2sc(C)c(C)c2c1=O. The average molecular weight is 318 g/mol. The summed E-state index contributed by atoms with van der Waals surface area (Å²) in [6, 6.07) is 4.88. The molecule has 2 aromatic heterocycles. The lowest BCUT2D eigenvalue weighted by atomic mass is 10.1. The molecule has 21 heavy (non-hydrogen) atoms. The molecule has 6 heteroatoms. The van der Waals surface area contributed by atoms with Crippen molar-refractivity contribution < 1.29 is 5.11 Å². The summed E-state index contributed by atoms with van der Waals surface area (Å²) >= 11 is 6.89. The Morgan fingerprint density at radius 3 is 2.67 bits per heavy atom. The Balaban J connectivity index is 2.46. The van der Waals surface area contributed by atoms with Crippen molar-refractivity contribution in [2.45, 2.75) is 20.8 Å². The van der Waals surface area contributed by atoms with E-state index in [1.165, 1.54) is 4.57 Å². The van der Waals surface area contributed by atoms with Crippen molar-refractivity contribution in [3.8, 4) is 11.4 Å². The lowest BCUT2D eigenvalue weighted by Gasteiger charge is -2.10. The molecule has 0 saturated carbocycles. The fraction of sp³-hybridized carbons (Fsp3) is 0.200. The number of phenolic OH excluding ortho intramolecular Hbond substituents is 1. The maximum absolute atomic E-state index is 12.8. The van der Waals surface area contributed by atoms with Crippen LogP contribution in [0.4, 0.5) is 0 Å². The van der Waals surface area contributed by atoms with Gasteiger partial charge in [0.2, 0.25) is 0 Å². The highest BCUT2D eigenvalue weighted by molar-refractivity contribution is 7.71. The van der Waals surface area contributed by atoms with Crippen molar-refractivity contribution in [3.63, 3.8) is 0 Å². The Hall–Kier alpha value is -1.92. The summed E-state index contributed by atoms with van der Waals surface area (Å²) in [5, 5.41) is 10.2. The lowest BCUT2D eigenvalue weighted by molar-refractivity contribution is 0.474. The van der Waals surface area contributed by atoms with Gasteiger partial charge in [0.25, 0.3) is 5.56 Å². The van der Waals surface area contributed by atoms with E-state index in [1.54, 1.807) is 29.5 Å². The van der Waals surface area contributed by atoms with E-state index in [9.17, 15) is 9.90 Å². The van der Waals surface area contributed by atoms with Crippen LogP contribution < -0.4 is 5.56 Å². The normalized spacial score (nSPS) is 11.2. The third-order valence-corrected chi connectivity index (χ3v) is 5.05. The first-order chi connectivity index (χ1) is 9.90. The highest BCUT2D eigenvalue weighted by Crippen LogP contribution is 2.27. The molecule has 3 aromatic rings. The van der Waals surface area contributed by atoms with E-state index in [2.05, 4.69) is 4.98 Å². The minimum absolute atomic E-state index is 0.121. The molecule has 0 unspecified atom stereocenters. The molecule has 3 rings (SSSR count). The first kappa shape index (κ1) is 14.0. The molecule has 4 nitrogen and oxygen atoms in total. The fourth-order valence-electron chi connectivity index (χ4n) is 2.44. The lowest BCUT2D eigenvalue weighted by Crippen LogP contribution is -2.21. The molecule has 0 aliphatic carbocycles. The second kappa shape index (κ2) is 4.82. The van der Waals surface area contributed by atoms with Gasteiger partial charge in [-0.3, -0.25) is 9.36 Å². The third-order valence-electron chi connectivity index (χ3n) is 3.65. The number of fused-ring (bicyclic) bond motifs is 1. The summed E-state index contributed by atoms with van der Waals surface area (Å²) in [7, 11) is 0. The highest BCUT2D eigenvalue weighted by Gasteiger charge is 2.14. The average Bonchev–Trinajstić information content (AvgIpc) is 2.67. The van der Waals surface area contributed by atoms with Crippen molar-refractivity contribution in [3.05, 3.63) is 49.3 Å². The van der Waals surface area contributed by atoms with Gasteiger partial charge in [0.05, 0.1) is 11.1 Å². The van der Waals surface area contributed by atoms with Crippen molar-refractivity contribution in [1.29, 1.82) is 0 Å². The van der Waals surface area contributed by atoms with Crippen LogP contribution in [-0.2, 0) is 0 Å². The van der Waals surface area contributed by atoms with Crippen molar-refractivity contribution in [2.75, 3.05) is 0 Å². The third kappa shape index (κ3) is 2.11. The monoisotopic (exact) mass is 318 g/mol. The molecular weight excluding hydrogens is 304 g/mol. The zero-order valence-corrected chi connectivity index (χ0v) is 13.5. The van der Waals surface area contributed by atoms with E-state index in [4.69, 9.17) is 12.2 Å². The largest absolute Gasteiger partial charge is 0.508 e. The number of thiophene rings is 1. The number of rotatable bonds is 1. The zero-order valence-electron chi connectivity index (χ0n) is 11.9. The fourth-order valence-corrected chi connectivity index (χ4v) is 3.84. The Morgan fingerprint density at radius 1 is 1.29 bits per heavy atom. The topological polar surface area (TPSA) is 58.0 Å². The number of benzene rings is 1. The van der Waals surface area contributed by atoms with E-state index in [0.717, 1.165) is 20.8 Å². The number of nitrogens with one attached hydrogen (secondary N) is 1. The quantitative estimate of drug-likeness (QED) is 0.672. The molecule has 0 aliphatic heterocycles. The van der Waals surface area contributed by atoms with E-state index >= 15 is 0 Å². The van der Waals surface area contributed by atoms with Crippen molar-refractivity contribution in [1.82, 2.24) is 9.55 Å². The minimum atomic E-state index is -0.121. The Bertz CT molecular complexity index is 980. The predicted molar refractivity (Wildman–Crippen MR) is 88.5 cm³/mol. The van der Waals surface area contributed by atoms with E-state index in [1.807, 2.05) is 20.8 Å². The van der Waals surface area contributed by atoms with Crippen molar-refractivity contribution >= 4 is 33.8 Å². The summed E-state index contributed by atoms with van der Waals surface area (Å²) in [5.41, 5.74) is 2.34. The molecule has 2 heterocycles. The highest BCUT2D eigenvalue weighted by atomic mass is 32.1. The van der Waals surface area contributed by atoms with Crippen LogP contribution in [0.15, 0.2) is 23.0 Å². The van der Waals surface area contributed by atoms with Crippen LogP contribution in [-0.4, -0.2) is 14.7 Å². The zero-order chi connectivity index (χ0) is 15.3. The van der Waals surface area contributed by atoms with Crippen molar-refractivity contribution in [2.24, 2.45) is 0 Å². The van der Waals surface area contributed by atoms with Gasteiger partial charge in [-0.25, -0.2) is 0 Å². The number of aromatic amines is 1. The molecule has 0 amide bonds. The molecule has 0 bridgehead atoms. The van der Waals surface area contributed by atoms with E-state index in [0.29, 0.717) is 15.8 Å². The Morgan fingerprint density at radius 2 is 2.00 bits per heavy atom. The van der Waals surface area contributed by atoms with Crippen LogP contribution in [0.3, 0.4) is 0 Å². The number of hydrogen-bond acceptors (Lipinski definition) is 4. The van der Waals surface area contributed by atoms with Gasteiger partial charge in [-0.05, 0) is 62.3 Å². The molecule has 0 fully saturated rings. The van der Waals surface area contributed by atoms with Gasteiger partial charge in [-0.2, -0.15) is 0 Å². The standard InChI is InChI=1S/C15H14N2O2S2/c1-7-6-10(18)4-5-11(7)17-14(19)12-8(2)9(3)21-13(12)16-15(17)20/h4-6,18H,1-3H3,(H,16,20). The number of hydrogen-bond donors (Lipinski definition) is 2. The van der Waals surface area contributed by atoms with Crippen LogP contribution >= 0.6 is 23.6 Å². The maximum atomic E-state index is 12.8. The van der Waals surface area contributed by atoms with E-state index < -0.39 is 0 Å². The molecule has 0 atom stereocenters. The van der Waals surface area contributed by atoms with Gasteiger partial charge in [-0.1, -0.05) is 0 Å². The van der Waals surface area contributed by atoms with Gasteiger partial charge in [0, 0.05) is 4.88 Å². The smallest absolute Gasteiger partial charge is 0.267 e. The van der Waals surface area contributed by atoms with Gasteiger partial charge in [-0.15, -0.1) is 11.3 Å². The van der Waals surface area contributed by atoms with Crippen LogP contribution in [0, 0.1) is 25.5 Å². The van der Waals surface area contributed by atoms with E-state index in [-0.39, 0.29) is 11.3 Å².